The van der Waals surface area contributed by atoms with E-state index in [2.05, 4.69) is 10.3 Å². The monoisotopic (exact) mass is 362 g/mol. The molecule has 0 saturated heterocycles. The number of nitrogens with zero attached hydrogens (tertiary/aromatic N) is 1. The molecule has 1 heterocycles. The Kier molecular flexibility index (Phi) is 4.92. The number of aromatic nitrogens is 1. The molecule has 0 fully saturated rings. The van der Waals surface area contributed by atoms with E-state index in [0.717, 1.165) is 17.0 Å². The molecule has 3 nitrogen and oxygen atoms in total. The van der Waals surface area contributed by atoms with Crippen LogP contribution in [0.5, 0.6) is 0 Å². The molecule has 0 spiro atoms. The number of thiazole rings is 1. The van der Waals surface area contributed by atoms with Crippen LogP contribution in [-0.4, -0.2) is 17.1 Å². The number of hydrogen-bond donors (Lipinski definition) is 1. The lowest BCUT2D eigenvalue weighted by Crippen LogP contribution is -2.11. The molecular formula is C17H12F2N2OS2. The van der Waals surface area contributed by atoms with Crippen LogP contribution in [0.2, 0.25) is 0 Å². The average Bonchev–Trinajstić information content (AvgIpc) is 3.06. The smallest absolute Gasteiger partial charge is 0.257 e. The van der Waals surface area contributed by atoms with Gasteiger partial charge in [-0.3, -0.25) is 10.1 Å². The van der Waals surface area contributed by atoms with Gasteiger partial charge in [0, 0.05) is 21.4 Å². The molecule has 24 heavy (non-hydrogen) atoms. The van der Waals surface area contributed by atoms with Gasteiger partial charge in [0.25, 0.3) is 5.91 Å². The maximum absolute atomic E-state index is 13.3. The molecule has 0 aliphatic heterocycles. The van der Waals surface area contributed by atoms with Gasteiger partial charge in [-0.05, 0) is 42.7 Å². The largest absolute Gasteiger partial charge is 0.298 e. The van der Waals surface area contributed by atoms with Crippen molar-refractivity contribution in [1.82, 2.24) is 4.98 Å². The van der Waals surface area contributed by atoms with E-state index in [9.17, 15) is 13.6 Å². The van der Waals surface area contributed by atoms with Crippen molar-refractivity contribution in [3.8, 4) is 11.3 Å². The van der Waals surface area contributed by atoms with Crippen LogP contribution < -0.4 is 5.32 Å². The highest BCUT2D eigenvalue weighted by Crippen LogP contribution is 2.26. The van der Waals surface area contributed by atoms with E-state index in [1.54, 1.807) is 29.3 Å². The van der Waals surface area contributed by atoms with Gasteiger partial charge in [-0.15, -0.1) is 23.1 Å². The molecule has 0 aliphatic carbocycles. The van der Waals surface area contributed by atoms with Gasteiger partial charge in [-0.25, -0.2) is 13.8 Å². The van der Waals surface area contributed by atoms with E-state index in [1.807, 2.05) is 18.4 Å². The van der Waals surface area contributed by atoms with Crippen molar-refractivity contribution in [3.05, 3.63) is 65.0 Å². The third-order valence-electron chi connectivity index (χ3n) is 3.27. The van der Waals surface area contributed by atoms with Crippen LogP contribution in [0.1, 0.15) is 10.4 Å². The van der Waals surface area contributed by atoms with Gasteiger partial charge in [-0.1, -0.05) is 6.07 Å². The second kappa shape index (κ2) is 7.11. The van der Waals surface area contributed by atoms with Crippen molar-refractivity contribution in [2.45, 2.75) is 4.90 Å². The van der Waals surface area contributed by atoms with Crippen molar-refractivity contribution in [2.24, 2.45) is 0 Å². The highest BCUT2D eigenvalue weighted by molar-refractivity contribution is 7.98. The van der Waals surface area contributed by atoms with Crippen LogP contribution in [0.25, 0.3) is 11.3 Å². The van der Waals surface area contributed by atoms with E-state index >= 15 is 0 Å². The molecule has 0 bridgehead atoms. The van der Waals surface area contributed by atoms with Crippen LogP contribution in [0.4, 0.5) is 13.9 Å². The van der Waals surface area contributed by atoms with E-state index < -0.39 is 11.6 Å². The van der Waals surface area contributed by atoms with Gasteiger partial charge in [0.2, 0.25) is 0 Å². The summed E-state index contributed by atoms with van der Waals surface area (Å²) >= 11 is 2.77. The Morgan fingerprint density at radius 1 is 1.17 bits per heavy atom. The lowest BCUT2D eigenvalue weighted by Gasteiger charge is -2.03. The second-order valence-corrected chi connectivity index (χ2v) is 6.59. The molecule has 0 atom stereocenters. The SMILES string of the molecule is CSc1cccc(C(=O)Nc2nc(-c3ccc(F)c(F)c3)cs2)c1. The topological polar surface area (TPSA) is 42.0 Å². The van der Waals surface area contributed by atoms with Crippen LogP contribution >= 0.6 is 23.1 Å². The van der Waals surface area contributed by atoms with Crippen molar-refractivity contribution in [1.29, 1.82) is 0 Å². The zero-order valence-corrected chi connectivity index (χ0v) is 14.2. The molecule has 0 radical (unpaired) electrons. The number of hydrogen-bond acceptors (Lipinski definition) is 4. The van der Waals surface area contributed by atoms with E-state index in [1.165, 1.54) is 17.4 Å². The van der Waals surface area contributed by atoms with Gasteiger partial charge < -0.3 is 0 Å². The van der Waals surface area contributed by atoms with Gasteiger partial charge in [0.15, 0.2) is 16.8 Å². The Labute approximate surface area is 145 Å². The summed E-state index contributed by atoms with van der Waals surface area (Å²) in [5.74, 6) is -2.10. The first-order chi connectivity index (χ1) is 11.6. The maximum atomic E-state index is 13.3. The number of benzene rings is 2. The summed E-state index contributed by atoms with van der Waals surface area (Å²) in [7, 11) is 0. The second-order valence-electron chi connectivity index (χ2n) is 4.85. The predicted molar refractivity (Wildman–Crippen MR) is 93.6 cm³/mol. The lowest BCUT2D eigenvalue weighted by molar-refractivity contribution is 0.102. The van der Waals surface area contributed by atoms with Crippen molar-refractivity contribution >= 4 is 34.1 Å². The predicted octanol–water partition coefficient (Wildman–Crippen LogP) is 5.06. The van der Waals surface area contributed by atoms with Crippen molar-refractivity contribution in [3.63, 3.8) is 0 Å². The molecule has 122 valence electrons. The van der Waals surface area contributed by atoms with Gasteiger partial charge in [0.1, 0.15) is 0 Å². The molecule has 0 saturated carbocycles. The Bertz CT molecular complexity index is 896. The molecule has 0 unspecified atom stereocenters. The number of rotatable bonds is 4. The van der Waals surface area contributed by atoms with Crippen LogP contribution in [0.3, 0.4) is 0 Å². The molecule has 7 heteroatoms. The maximum Gasteiger partial charge on any atom is 0.257 e. The van der Waals surface area contributed by atoms with Crippen LogP contribution in [0.15, 0.2) is 52.7 Å². The Morgan fingerprint density at radius 2 is 2.00 bits per heavy atom. The Balaban J connectivity index is 1.78. The third-order valence-corrected chi connectivity index (χ3v) is 4.75. The molecule has 1 aromatic heterocycles. The number of thioether (sulfide) groups is 1. The first-order valence-corrected chi connectivity index (χ1v) is 9.03. The summed E-state index contributed by atoms with van der Waals surface area (Å²) in [5.41, 5.74) is 1.47. The minimum Gasteiger partial charge on any atom is -0.298 e. The van der Waals surface area contributed by atoms with E-state index in [0.29, 0.717) is 22.0 Å². The standard InChI is InChI=1S/C17H12F2N2OS2/c1-23-12-4-2-3-11(7-12)16(22)21-17-20-15(9-24-17)10-5-6-13(18)14(19)8-10/h2-9H,1H3,(H,20,21,22). The number of carbonyl (C=O) groups is 1. The Morgan fingerprint density at radius 3 is 2.75 bits per heavy atom. The fourth-order valence-electron chi connectivity index (χ4n) is 2.05. The van der Waals surface area contributed by atoms with Crippen LogP contribution in [-0.2, 0) is 0 Å². The fourth-order valence-corrected chi connectivity index (χ4v) is 3.23. The van der Waals surface area contributed by atoms with Crippen LogP contribution in [0, 0.1) is 11.6 Å². The third kappa shape index (κ3) is 3.63. The zero-order chi connectivity index (χ0) is 17.1. The molecule has 1 N–H and O–H groups in total. The summed E-state index contributed by atoms with van der Waals surface area (Å²) in [6.07, 6.45) is 1.94. The summed E-state index contributed by atoms with van der Waals surface area (Å²) in [5, 5.41) is 4.80. The van der Waals surface area contributed by atoms with Crippen molar-refractivity contribution < 1.29 is 13.6 Å². The zero-order valence-electron chi connectivity index (χ0n) is 12.5. The number of nitrogens with one attached hydrogen (secondary N) is 1. The minimum atomic E-state index is -0.931. The highest BCUT2D eigenvalue weighted by Gasteiger charge is 2.12. The summed E-state index contributed by atoms with van der Waals surface area (Å²) in [6.45, 7) is 0. The number of amides is 1. The number of anilines is 1. The summed E-state index contributed by atoms with van der Waals surface area (Å²) < 4.78 is 26.3. The van der Waals surface area contributed by atoms with E-state index in [4.69, 9.17) is 0 Å². The van der Waals surface area contributed by atoms with Gasteiger partial charge in [-0.2, -0.15) is 0 Å². The minimum absolute atomic E-state index is 0.267. The molecule has 0 aliphatic rings. The summed E-state index contributed by atoms with van der Waals surface area (Å²) in [6, 6.07) is 10.8. The van der Waals surface area contributed by atoms with Gasteiger partial charge in [0.05, 0.1) is 5.69 Å². The molecule has 3 rings (SSSR count). The quantitative estimate of drug-likeness (QED) is 0.660. The number of halogens is 2. The Hall–Kier alpha value is -2.25. The fraction of sp³-hybridized carbons (Fsp3) is 0.0588. The lowest BCUT2D eigenvalue weighted by atomic mass is 10.2. The summed E-state index contributed by atoms with van der Waals surface area (Å²) in [4.78, 5) is 17.5. The first-order valence-electron chi connectivity index (χ1n) is 6.93. The highest BCUT2D eigenvalue weighted by atomic mass is 32.2. The van der Waals surface area contributed by atoms with Crippen molar-refractivity contribution in [2.75, 3.05) is 11.6 Å². The van der Waals surface area contributed by atoms with Gasteiger partial charge >= 0.3 is 0 Å². The normalized spacial score (nSPS) is 10.6. The van der Waals surface area contributed by atoms with E-state index in [-0.39, 0.29) is 5.91 Å². The molecular weight excluding hydrogens is 350 g/mol. The molecule has 3 aromatic rings. The number of carbonyl (C=O) groups excluding carboxylic acids is 1. The first kappa shape index (κ1) is 16.6. The average molecular weight is 362 g/mol. The molecule has 2 aromatic carbocycles. The molecule has 1 amide bonds.